The Balaban J connectivity index is 1.90. The standard InChI is InChI=1S/C18H23ClN2O/c1-21(2)17-7-3-14(4-8-17)15(13-20)11-12-22-18-9-5-16(19)6-10-18/h3-10,15H,11-13,20H2,1-2H3. The maximum Gasteiger partial charge on any atom is 0.119 e. The molecule has 22 heavy (non-hydrogen) atoms. The molecule has 0 aliphatic heterocycles. The van der Waals surface area contributed by atoms with Crippen LogP contribution < -0.4 is 15.4 Å². The third-order valence-electron chi connectivity index (χ3n) is 3.71. The molecule has 0 aliphatic rings. The maximum atomic E-state index is 5.92. The van der Waals surface area contributed by atoms with E-state index in [1.54, 1.807) is 0 Å². The van der Waals surface area contributed by atoms with Crippen LogP contribution in [-0.2, 0) is 0 Å². The molecule has 0 heterocycles. The number of hydrogen-bond donors (Lipinski definition) is 1. The van der Waals surface area contributed by atoms with Gasteiger partial charge in [-0.05, 0) is 60.8 Å². The number of nitrogens with two attached hydrogens (primary N) is 1. The summed E-state index contributed by atoms with van der Waals surface area (Å²) in [7, 11) is 4.07. The van der Waals surface area contributed by atoms with Crippen molar-refractivity contribution in [3.8, 4) is 5.75 Å². The van der Waals surface area contributed by atoms with Crippen LogP contribution in [0, 0.1) is 0 Å². The second kappa shape index (κ2) is 8.06. The van der Waals surface area contributed by atoms with Crippen molar-refractivity contribution in [2.45, 2.75) is 12.3 Å². The molecular weight excluding hydrogens is 296 g/mol. The molecular formula is C18H23ClN2O. The lowest BCUT2D eigenvalue weighted by Gasteiger charge is -2.18. The van der Waals surface area contributed by atoms with Crippen molar-refractivity contribution in [1.29, 1.82) is 0 Å². The van der Waals surface area contributed by atoms with Gasteiger partial charge < -0.3 is 15.4 Å². The second-order valence-corrected chi connectivity index (χ2v) is 5.95. The van der Waals surface area contributed by atoms with Crippen LogP contribution in [0.25, 0.3) is 0 Å². The van der Waals surface area contributed by atoms with Crippen molar-refractivity contribution in [2.24, 2.45) is 5.73 Å². The Morgan fingerprint density at radius 1 is 1.05 bits per heavy atom. The molecule has 2 aromatic carbocycles. The SMILES string of the molecule is CN(C)c1ccc(C(CN)CCOc2ccc(Cl)cc2)cc1. The zero-order valence-corrected chi connectivity index (χ0v) is 13.9. The largest absolute Gasteiger partial charge is 0.494 e. The Hall–Kier alpha value is -1.71. The molecule has 1 unspecified atom stereocenters. The molecule has 0 aliphatic carbocycles. The minimum absolute atomic E-state index is 0.309. The number of halogens is 1. The zero-order valence-electron chi connectivity index (χ0n) is 13.1. The van der Waals surface area contributed by atoms with Crippen LogP contribution in [0.2, 0.25) is 5.02 Å². The molecule has 118 valence electrons. The van der Waals surface area contributed by atoms with Gasteiger partial charge in [-0.2, -0.15) is 0 Å². The summed E-state index contributed by atoms with van der Waals surface area (Å²) in [5.74, 6) is 1.15. The lowest BCUT2D eigenvalue weighted by Crippen LogP contribution is -2.16. The first-order valence-electron chi connectivity index (χ1n) is 7.46. The topological polar surface area (TPSA) is 38.5 Å². The predicted octanol–water partition coefficient (Wildman–Crippen LogP) is 3.92. The maximum absolute atomic E-state index is 5.92. The molecule has 0 bridgehead atoms. The molecule has 3 nitrogen and oxygen atoms in total. The average Bonchev–Trinajstić information content (AvgIpc) is 2.53. The molecule has 0 saturated heterocycles. The summed E-state index contributed by atoms with van der Waals surface area (Å²) in [6.07, 6.45) is 0.889. The average molecular weight is 319 g/mol. The molecule has 2 rings (SSSR count). The first kappa shape index (κ1) is 16.7. The normalized spacial score (nSPS) is 12.0. The monoisotopic (exact) mass is 318 g/mol. The highest BCUT2D eigenvalue weighted by Crippen LogP contribution is 2.22. The van der Waals surface area contributed by atoms with Crippen LogP contribution in [-0.4, -0.2) is 27.2 Å². The fourth-order valence-corrected chi connectivity index (χ4v) is 2.44. The van der Waals surface area contributed by atoms with Crippen LogP contribution in [0.3, 0.4) is 0 Å². The van der Waals surface area contributed by atoms with Crippen LogP contribution >= 0.6 is 11.6 Å². The minimum Gasteiger partial charge on any atom is -0.494 e. The van der Waals surface area contributed by atoms with Gasteiger partial charge in [0.2, 0.25) is 0 Å². The van der Waals surface area contributed by atoms with Crippen LogP contribution in [0.15, 0.2) is 48.5 Å². The van der Waals surface area contributed by atoms with Crippen LogP contribution in [0.1, 0.15) is 17.9 Å². The molecule has 2 N–H and O–H groups in total. The number of benzene rings is 2. The van der Waals surface area contributed by atoms with Crippen molar-refractivity contribution in [3.63, 3.8) is 0 Å². The quantitative estimate of drug-likeness (QED) is 0.841. The number of nitrogens with zero attached hydrogens (tertiary/aromatic N) is 1. The van der Waals surface area contributed by atoms with Gasteiger partial charge in [0.25, 0.3) is 0 Å². The molecule has 0 fully saturated rings. The van der Waals surface area contributed by atoms with E-state index in [2.05, 4.69) is 29.2 Å². The predicted molar refractivity (Wildman–Crippen MR) is 94.1 cm³/mol. The van der Waals surface area contributed by atoms with Crippen molar-refractivity contribution in [1.82, 2.24) is 0 Å². The highest BCUT2D eigenvalue weighted by atomic mass is 35.5. The van der Waals surface area contributed by atoms with E-state index in [1.165, 1.54) is 11.3 Å². The van der Waals surface area contributed by atoms with Gasteiger partial charge in [0.1, 0.15) is 5.75 Å². The molecule has 0 amide bonds. The highest BCUT2D eigenvalue weighted by molar-refractivity contribution is 6.30. The summed E-state index contributed by atoms with van der Waals surface area (Å²) >= 11 is 5.86. The fourth-order valence-electron chi connectivity index (χ4n) is 2.32. The molecule has 2 aromatic rings. The molecule has 4 heteroatoms. The van der Waals surface area contributed by atoms with E-state index in [0.717, 1.165) is 12.2 Å². The van der Waals surface area contributed by atoms with Crippen molar-refractivity contribution in [3.05, 3.63) is 59.1 Å². The number of ether oxygens (including phenoxy) is 1. The summed E-state index contributed by atoms with van der Waals surface area (Å²) in [4.78, 5) is 2.09. The Morgan fingerprint density at radius 3 is 2.23 bits per heavy atom. The van der Waals surface area contributed by atoms with E-state index < -0.39 is 0 Å². The third kappa shape index (κ3) is 4.65. The molecule has 0 saturated carbocycles. The van der Waals surface area contributed by atoms with E-state index in [9.17, 15) is 0 Å². The van der Waals surface area contributed by atoms with E-state index in [0.29, 0.717) is 24.1 Å². The van der Waals surface area contributed by atoms with Gasteiger partial charge in [-0.25, -0.2) is 0 Å². The summed E-state index contributed by atoms with van der Waals surface area (Å²) in [5, 5.41) is 0.716. The summed E-state index contributed by atoms with van der Waals surface area (Å²) < 4.78 is 5.75. The van der Waals surface area contributed by atoms with Crippen LogP contribution in [0.4, 0.5) is 5.69 Å². The third-order valence-corrected chi connectivity index (χ3v) is 3.97. The highest BCUT2D eigenvalue weighted by Gasteiger charge is 2.10. The Morgan fingerprint density at radius 2 is 1.68 bits per heavy atom. The second-order valence-electron chi connectivity index (χ2n) is 5.51. The minimum atomic E-state index is 0.309. The Labute approximate surface area is 137 Å². The molecule has 0 radical (unpaired) electrons. The smallest absolute Gasteiger partial charge is 0.119 e. The van der Waals surface area contributed by atoms with Crippen molar-refractivity contribution < 1.29 is 4.74 Å². The molecule has 0 spiro atoms. The summed E-state index contributed by atoms with van der Waals surface area (Å²) in [5.41, 5.74) is 8.37. The van der Waals surface area contributed by atoms with E-state index >= 15 is 0 Å². The van der Waals surface area contributed by atoms with Gasteiger partial charge in [-0.1, -0.05) is 23.7 Å². The number of hydrogen-bond acceptors (Lipinski definition) is 3. The Bertz CT molecular complexity index is 567. The fraction of sp³-hybridized carbons (Fsp3) is 0.333. The van der Waals surface area contributed by atoms with E-state index in [-0.39, 0.29) is 0 Å². The zero-order chi connectivity index (χ0) is 15.9. The van der Waals surface area contributed by atoms with Gasteiger partial charge in [-0.3, -0.25) is 0 Å². The number of rotatable bonds is 7. The molecule has 1 atom stereocenters. The van der Waals surface area contributed by atoms with Gasteiger partial charge in [0.15, 0.2) is 0 Å². The Kier molecular flexibility index (Phi) is 6.10. The van der Waals surface area contributed by atoms with E-state index in [4.69, 9.17) is 22.1 Å². The summed E-state index contributed by atoms with van der Waals surface area (Å²) in [6, 6.07) is 16.0. The van der Waals surface area contributed by atoms with Gasteiger partial charge in [0.05, 0.1) is 6.61 Å². The van der Waals surface area contributed by atoms with E-state index in [1.807, 2.05) is 38.4 Å². The lowest BCUT2D eigenvalue weighted by atomic mass is 9.96. The molecule has 0 aromatic heterocycles. The van der Waals surface area contributed by atoms with Gasteiger partial charge in [0, 0.05) is 24.8 Å². The van der Waals surface area contributed by atoms with Gasteiger partial charge in [-0.15, -0.1) is 0 Å². The van der Waals surface area contributed by atoms with Crippen molar-refractivity contribution >= 4 is 17.3 Å². The van der Waals surface area contributed by atoms with Crippen LogP contribution in [0.5, 0.6) is 5.75 Å². The first-order valence-corrected chi connectivity index (χ1v) is 7.83. The number of anilines is 1. The van der Waals surface area contributed by atoms with Crippen molar-refractivity contribution in [2.75, 3.05) is 32.1 Å². The first-order chi connectivity index (χ1) is 10.6. The van der Waals surface area contributed by atoms with Gasteiger partial charge >= 0.3 is 0 Å². The summed E-state index contributed by atoms with van der Waals surface area (Å²) in [6.45, 7) is 1.25. The lowest BCUT2D eigenvalue weighted by molar-refractivity contribution is 0.298.